The number of allylic oxidation sites excluding steroid dienone is 1. The van der Waals surface area contributed by atoms with Crippen LogP contribution < -0.4 is 16.6 Å². The predicted molar refractivity (Wildman–Crippen MR) is 135 cm³/mol. The zero-order chi connectivity index (χ0) is 24.1. The summed E-state index contributed by atoms with van der Waals surface area (Å²) >= 11 is 0. The first-order valence-corrected chi connectivity index (χ1v) is 10.6. The molecule has 2 aromatic carbocycles. The number of nitrogens with one attached hydrogen (secondary N) is 3. The molecular weight excluding hydrogens is 428 g/mol. The van der Waals surface area contributed by atoms with Crippen molar-refractivity contribution in [2.75, 3.05) is 12.8 Å². The Morgan fingerprint density at radius 2 is 1.88 bits per heavy atom. The van der Waals surface area contributed by atoms with Gasteiger partial charge >= 0.3 is 0 Å². The van der Waals surface area contributed by atoms with Crippen LogP contribution in [0.4, 0.5) is 5.82 Å². The fourth-order valence-electron chi connectivity index (χ4n) is 3.48. The van der Waals surface area contributed by atoms with E-state index in [2.05, 4.69) is 20.3 Å². The number of aromatic nitrogens is 3. The number of hydrogen-bond donors (Lipinski definition) is 5. The normalized spacial score (nSPS) is 11.4. The number of aliphatic hydroxyl groups is 1. The highest BCUT2D eigenvalue weighted by atomic mass is 16.3. The molecule has 0 aliphatic carbocycles. The lowest BCUT2D eigenvalue weighted by molar-refractivity contribution is 0.509. The molecule has 0 aliphatic rings. The van der Waals surface area contributed by atoms with Gasteiger partial charge < -0.3 is 26.6 Å². The number of aliphatic hydroxyl groups excluding tert-OH is 1. The third-order valence-corrected chi connectivity index (χ3v) is 5.25. The van der Waals surface area contributed by atoms with Crippen molar-refractivity contribution in [3.8, 4) is 22.4 Å². The van der Waals surface area contributed by atoms with E-state index in [0.29, 0.717) is 22.4 Å². The second kappa shape index (κ2) is 9.93. The van der Waals surface area contributed by atoms with Gasteiger partial charge in [0.1, 0.15) is 11.5 Å². The highest BCUT2D eigenvalue weighted by Gasteiger charge is 2.14. The minimum absolute atomic E-state index is 0.0300. The Labute approximate surface area is 196 Å². The predicted octanol–water partition coefficient (Wildman–Crippen LogP) is 3.77. The quantitative estimate of drug-likeness (QED) is 0.214. The number of aromatic amines is 1. The highest BCUT2D eigenvalue weighted by Crippen LogP contribution is 2.24. The van der Waals surface area contributed by atoms with Crippen molar-refractivity contribution in [2.45, 2.75) is 6.54 Å². The minimum atomic E-state index is -0.274. The molecule has 8 heteroatoms. The summed E-state index contributed by atoms with van der Waals surface area (Å²) < 4.78 is 0. The van der Waals surface area contributed by atoms with Gasteiger partial charge in [0, 0.05) is 29.9 Å². The van der Waals surface area contributed by atoms with Crippen LogP contribution in [-0.2, 0) is 6.54 Å². The van der Waals surface area contributed by atoms with Gasteiger partial charge in [-0.2, -0.15) is 0 Å². The summed E-state index contributed by atoms with van der Waals surface area (Å²) in [4.78, 5) is 23.7. The number of benzene rings is 2. The molecule has 0 amide bonds. The Morgan fingerprint density at radius 1 is 1.15 bits per heavy atom. The third kappa shape index (κ3) is 4.92. The first-order valence-electron chi connectivity index (χ1n) is 10.6. The van der Waals surface area contributed by atoms with Gasteiger partial charge in [-0.25, -0.2) is 9.97 Å². The molecule has 6 N–H and O–H groups in total. The van der Waals surface area contributed by atoms with Crippen molar-refractivity contribution < 1.29 is 5.11 Å². The number of nitrogens with zero attached hydrogens (tertiary/aromatic N) is 2. The van der Waals surface area contributed by atoms with E-state index < -0.39 is 0 Å². The largest absolute Gasteiger partial charge is 0.505 e. The number of rotatable bonds is 7. The summed E-state index contributed by atoms with van der Waals surface area (Å²) in [5.41, 5.74) is 9.92. The van der Waals surface area contributed by atoms with Crippen molar-refractivity contribution >= 4 is 17.3 Å². The number of nitrogen functional groups attached to an aromatic ring is 1. The number of hydrogen-bond acceptors (Lipinski definition) is 7. The van der Waals surface area contributed by atoms with Crippen molar-refractivity contribution in [3.05, 3.63) is 106 Å². The summed E-state index contributed by atoms with van der Waals surface area (Å²) in [6.45, 7) is 0.727. The molecular formula is C26H24N6O2. The monoisotopic (exact) mass is 452 g/mol. The molecule has 0 saturated carbocycles. The van der Waals surface area contributed by atoms with Crippen LogP contribution in [0.3, 0.4) is 0 Å². The van der Waals surface area contributed by atoms with Gasteiger partial charge in [0.2, 0.25) is 0 Å². The maximum absolute atomic E-state index is 12.4. The van der Waals surface area contributed by atoms with E-state index in [9.17, 15) is 9.90 Å². The molecule has 0 atom stereocenters. The van der Waals surface area contributed by atoms with Gasteiger partial charge in [0.05, 0.1) is 17.6 Å². The molecule has 0 saturated heterocycles. The van der Waals surface area contributed by atoms with Crippen LogP contribution >= 0.6 is 0 Å². The van der Waals surface area contributed by atoms with Crippen molar-refractivity contribution in [1.82, 2.24) is 20.3 Å². The lowest BCUT2D eigenvalue weighted by Gasteiger charge is -2.09. The molecule has 0 aliphatic heterocycles. The molecule has 8 nitrogen and oxygen atoms in total. The fourth-order valence-corrected chi connectivity index (χ4v) is 3.48. The number of nitrogens with two attached hydrogens (primary N) is 1. The van der Waals surface area contributed by atoms with Gasteiger partial charge in [0.15, 0.2) is 5.82 Å². The van der Waals surface area contributed by atoms with Crippen LogP contribution in [0.15, 0.2) is 83.9 Å². The van der Waals surface area contributed by atoms with Crippen molar-refractivity contribution in [1.29, 1.82) is 5.41 Å². The second-order valence-electron chi connectivity index (χ2n) is 7.66. The van der Waals surface area contributed by atoms with Gasteiger partial charge in [-0.15, -0.1) is 0 Å². The van der Waals surface area contributed by atoms with Gasteiger partial charge in [-0.1, -0.05) is 54.6 Å². The lowest BCUT2D eigenvalue weighted by Crippen LogP contribution is -2.09. The zero-order valence-electron chi connectivity index (χ0n) is 18.5. The van der Waals surface area contributed by atoms with E-state index in [1.807, 2.05) is 61.6 Å². The van der Waals surface area contributed by atoms with Gasteiger partial charge in [-0.05, 0) is 29.8 Å². The van der Waals surface area contributed by atoms with E-state index in [1.54, 1.807) is 6.07 Å². The fraction of sp³-hybridized carbons (Fsp3) is 0.0769. The van der Waals surface area contributed by atoms with Crippen LogP contribution in [0.2, 0.25) is 0 Å². The van der Waals surface area contributed by atoms with Crippen LogP contribution in [0.25, 0.3) is 28.1 Å². The van der Waals surface area contributed by atoms with Crippen LogP contribution in [-0.4, -0.2) is 32.8 Å². The van der Waals surface area contributed by atoms with E-state index in [-0.39, 0.29) is 28.5 Å². The Hall–Kier alpha value is -4.56. The molecule has 0 unspecified atom stereocenters. The number of H-pyrrole nitrogens is 1. The van der Waals surface area contributed by atoms with E-state index >= 15 is 0 Å². The Bertz CT molecular complexity index is 1410. The van der Waals surface area contributed by atoms with Crippen LogP contribution in [0.1, 0.15) is 16.8 Å². The minimum Gasteiger partial charge on any atom is -0.505 e. The average molecular weight is 453 g/mol. The maximum Gasteiger partial charge on any atom is 0.255 e. The summed E-state index contributed by atoms with van der Waals surface area (Å²) in [6.07, 6.45) is 4.30. The molecule has 170 valence electrons. The SMILES string of the molecule is CNCc1ccc(C(=N)/C=C(\O)c2nc(-c3c[nH]c(=O)c(-c4ccccc4)c3)cnc2N)cc1. The molecule has 0 spiro atoms. The molecule has 2 heterocycles. The van der Waals surface area contributed by atoms with Crippen LogP contribution in [0, 0.1) is 5.41 Å². The summed E-state index contributed by atoms with van der Waals surface area (Å²) in [7, 11) is 1.87. The standard InChI is InChI=1S/C26H24N6O2/c1-29-13-16-7-9-18(10-8-16)21(27)12-23(33)24-25(28)30-15-22(32-24)19-11-20(26(34)31-14-19)17-5-3-2-4-6-17/h2-12,14-15,27,29,33H,13H2,1H3,(H2,28,30)(H,31,34)/b23-12-,27-21?. The van der Waals surface area contributed by atoms with Crippen molar-refractivity contribution in [2.24, 2.45) is 0 Å². The Balaban J connectivity index is 1.66. The molecule has 4 rings (SSSR count). The molecule has 4 aromatic rings. The molecule has 0 fully saturated rings. The molecule has 0 bridgehead atoms. The van der Waals surface area contributed by atoms with E-state index in [1.165, 1.54) is 18.5 Å². The summed E-state index contributed by atoms with van der Waals surface area (Å²) in [5.74, 6) is -0.244. The maximum atomic E-state index is 12.4. The molecule has 34 heavy (non-hydrogen) atoms. The smallest absolute Gasteiger partial charge is 0.255 e. The average Bonchev–Trinajstić information content (AvgIpc) is 2.86. The van der Waals surface area contributed by atoms with Crippen LogP contribution in [0.5, 0.6) is 0 Å². The Kier molecular flexibility index (Phi) is 6.61. The number of anilines is 1. The van der Waals surface area contributed by atoms with E-state index in [4.69, 9.17) is 11.1 Å². The van der Waals surface area contributed by atoms with E-state index in [0.717, 1.165) is 17.7 Å². The molecule has 2 aromatic heterocycles. The second-order valence-corrected chi connectivity index (χ2v) is 7.66. The molecule has 0 radical (unpaired) electrons. The van der Waals surface area contributed by atoms with Gasteiger partial charge in [-0.3, -0.25) is 4.79 Å². The first-order chi connectivity index (χ1) is 16.5. The first kappa shape index (κ1) is 22.6. The van der Waals surface area contributed by atoms with Crippen molar-refractivity contribution in [3.63, 3.8) is 0 Å². The lowest BCUT2D eigenvalue weighted by atomic mass is 10.0. The number of pyridine rings is 1. The topological polar surface area (TPSA) is 141 Å². The highest BCUT2D eigenvalue weighted by molar-refractivity contribution is 6.09. The third-order valence-electron chi connectivity index (χ3n) is 5.25. The summed E-state index contributed by atoms with van der Waals surface area (Å²) in [5, 5.41) is 22.1. The summed E-state index contributed by atoms with van der Waals surface area (Å²) in [6, 6.07) is 18.5. The zero-order valence-corrected chi connectivity index (χ0v) is 18.5. The van der Waals surface area contributed by atoms with Gasteiger partial charge in [0.25, 0.3) is 5.56 Å². The Morgan fingerprint density at radius 3 is 2.59 bits per heavy atom.